The van der Waals surface area contributed by atoms with Gasteiger partial charge in [0.1, 0.15) is 5.75 Å². The normalized spacial score (nSPS) is 19.7. The highest BCUT2D eigenvalue weighted by Crippen LogP contribution is 2.34. The Kier molecular flexibility index (Phi) is 5.28. The van der Waals surface area contributed by atoms with Gasteiger partial charge in [0.15, 0.2) is 0 Å². The predicted octanol–water partition coefficient (Wildman–Crippen LogP) is 4.27. The van der Waals surface area contributed by atoms with E-state index in [9.17, 15) is 0 Å². The zero-order chi connectivity index (χ0) is 13.8. The Morgan fingerprint density at radius 1 is 1.37 bits per heavy atom. The zero-order valence-electron chi connectivity index (χ0n) is 12.1. The number of hydrogen-bond donors (Lipinski definition) is 1. The number of methoxy groups -OCH3 is 1. The summed E-state index contributed by atoms with van der Waals surface area (Å²) in [7, 11) is 1.74. The molecular weight excluding hydrogens is 302 g/mol. The molecule has 106 valence electrons. The van der Waals surface area contributed by atoms with Crippen LogP contribution in [0, 0.1) is 0 Å². The molecule has 0 spiro atoms. The van der Waals surface area contributed by atoms with Crippen molar-refractivity contribution in [3.05, 3.63) is 27.7 Å². The van der Waals surface area contributed by atoms with E-state index in [1.807, 2.05) is 0 Å². The number of ether oxygens (including phenoxy) is 1. The summed E-state index contributed by atoms with van der Waals surface area (Å²) < 4.78 is 6.62. The predicted molar refractivity (Wildman–Crippen MR) is 84.1 cm³/mol. The van der Waals surface area contributed by atoms with Crippen LogP contribution in [-0.2, 0) is 6.42 Å². The van der Waals surface area contributed by atoms with E-state index >= 15 is 0 Å². The molecule has 2 rings (SSSR count). The Morgan fingerprint density at radius 2 is 2.16 bits per heavy atom. The minimum absolute atomic E-state index is 0.528. The molecule has 1 aliphatic rings. The molecule has 1 heterocycles. The van der Waals surface area contributed by atoms with Gasteiger partial charge < -0.3 is 10.1 Å². The van der Waals surface area contributed by atoms with Gasteiger partial charge in [0.25, 0.3) is 0 Å². The van der Waals surface area contributed by atoms with Crippen molar-refractivity contribution in [1.29, 1.82) is 0 Å². The number of halogens is 1. The van der Waals surface area contributed by atoms with Crippen LogP contribution in [0.1, 0.15) is 50.2 Å². The van der Waals surface area contributed by atoms with E-state index in [1.54, 1.807) is 7.11 Å². The average Bonchev–Trinajstić information content (AvgIpc) is 2.42. The second-order valence-corrected chi connectivity index (χ2v) is 6.49. The highest BCUT2D eigenvalue weighted by molar-refractivity contribution is 9.10. The summed E-state index contributed by atoms with van der Waals surface area (Å²) in [5.41, 5.74) is 2.72. The molecule has 1 N–H and O–H groups in total. The van der Waals surface area contributed by atoms with Crippen molar-refractivity contribution in [3.8, 4) is 5.75 Å². The van der Waals surface area contributed by atoms with Crippen LogP contribution in [0.5, 0.6) is 5.75 Å². The smallest absolute Gasteiger partial charge is 0.133 e. The fourth-order valence-corrected chi connectivity index (χ4v) is 3.23. The van der Waals surface area contributed by atoms with Gasteiger partial charge in [0, 0.05) is 6.04 Å². The molecule has 0 radical (unpaired) electrons. The average molecular weight is 326 g/mol. The van der Waals surface area contributed by atoms with Crippen LogP contribution in [0.3, 0.4) is 0 Å². The molecular formula is C16H24BrNO. The molecule has 0 saturated carbocycles. The molecule has 1 saturated heterocycles. The van der Waals surface area contributed by atoms with Crippen molar-refractivity contribution < 1.29 is 4.74 Å². The van der Waals surface area contributed by atoms with Gasteiger partial charge in [-0.1, -0.05) is 26.3 Å². The van der Waals surface area contributed by atoms with Crippen molar-refractivity contribution in [2.45, 2.75) is 51.5 Å². The summed E-state index contributed by atoms with van der Waals surface area (Å²) in [6.45, 7) is 5.61. The molecule has 1 aromatic rings. The largest absolute Gasteiger partial charge is 0.496 e. The molecule has 3 heteroatoms. The molecule has 19 heavy (non-hydrogen) atoms. The van der Waals surface area contributed by atoms with E-state index in [-0.39, 0.29) is 0 Å². The summed E-state index contributed by atoms with van der Waals surface area (Å²) in [5.74, 6) is 1.48. The van der Waals surface area contributed by atoms with Gasteiger partial charge in [-0.2, -0.15) is 0 Å². The molecule has 1 aromatic carbocycles. The van der Waals surface area contributed by atoms with Gasteiger partial charge in [-0.15, -0.1) is 0 Å². The van der Waals surface area contributed by atoms with Gasteiger partial charge in [-0.3, -0.25) is 0 Å². The maximum absolute atomic E-state index is 5.50. The topological polar surface area (TPSA) is 21.3 Å². The monoisotopic (exact) mass is 325 g/mol. The Balaban J connectivity index is 2.24. The third-order valence-corrected chi connectivity index (χ3v) is 4.80. The van der Waals surface area contributed by atoms with Gasteiger partial charge >= 0.3 is 0 Å². The lowest BCUT2D eigenvalue weighted by molar-refractivity contribution is 0.394. The van der Waals surface area contributed by atoms with Crippen LogP contribution in [0.4, 0.5) is 0 Å². The number of rotatable bonds is 4. The summed E-state index contributed by atoms with van der Waals surface area (Å²) in [5, 5.41) is 3.62. The molecule has 1 fully saturated rings. The Bertz CT molecular complexity index is 425. The quantitative estimate of drug-likeness (QED) is 0.892. The first-order chi connectivity index (χ1) is 9.11. The SMILES string of the molecule is COc1cc(C(C)C)cc(CC2CCCCN2)c1Br. The van der Waals surface area contributed by atoms with Gasteiger partial charge in [-0.05, 0) is 64.8 Å². The fourth-order valence-electron chi connectivity index (χ4n) is 2.67. The summed E-state index contributed by atoms with van der Waals surface area (Å²) in [6, 6.07) is 5.08. The van der Waals surface area contributed by atoms with Crippen LogP contribution in [0.2, 0.25) is 0 Å². The first kappa shape index (κ1) is 14.9. The zero-order valence-corrected chi connectivity index (χ0v) is 13.7. The highest BCUT2D eigenvalue weighted by Gasteiger charge is 2.17. The van der Waals surface area contributed by atoms with Crippen LogP contribution >= 0.6 is 15.9 Å². The van der Waals surface area contributed by atoms with Crippen molar-refractivity contribution in [2.24, 2.45) is 0 Å². The van der Waals surface area contributed by atoms with E-state index in [0.717, 1.165) is 23.2 Å². The van der Waals surface area contributed by atoms with Gasteiger partial charge in [0.05, 0.1) is 11.6 Å². The Morgan fingerprint density at radius 3 is 2.74 bits per heavy atom. The second kappa shape index (κ2) is 6.76. The maximum Gasteiger partial charge on any atom is 0.133 e. The van der Waals surface area contributed by atoms with E-state index < -0.39 is 0 Å². The van der Waals surface area contributed by atoms with Crippen molar-refractivity contribution in [2.75, 3.05) is 13.7 Å². The number of nitrogens with one attached hydrogen (secondary N) is 1. The van der Waals surface area contributed by atoms with E-state index in [2.05, 4.69) is 47.2 Å². The van der Waals surface area contributed by atoms with Crippen molar-refractivity contribution in [3.63, 3.8) is 0 Å². The summed E-state index contributed by atoms with van der Waals surface area (Å²) in [6.07, 6.45) is 5.02. The van der Waals surface area contributed by atoms with Crippen LogP contribution < -0.4 is 10.1 Å². The van der Waals surface area contributed by atoms with Gasteiger partial charge in [-0.25, -0.2) is 0 Å². The lowest BCUT2D eigenvalue weighted by Crippen LogP contribution is -2.35. The van der Waals surface area contributed by atoms with Crippen LogP contribution in [0.15, 0.2) is 16.6 Å². The minimum Gasteiger partial charge on any atom is -0.496 e. The van der Waals surface area contributed by atoms with Gasteiger partial charge in [0.2, 0.25) is 0 Å². The third kappa shape index (κ3) is 3.73. The van der Waals surface area contributed by atoms with E-state index in [4.69, 9.17) is 4.74 Å². The van der Waals surface area contributed by atoms with Crippen LogP contribution in [0.25, 0.3) is 0 Å². The third-order valence-electron chi connectivity index (χ3n) is 3.90. The summed E-state index contributed by atoms with van der Waals surface area (Å²) in [4.78, 5) is 0. The number of hydrogen-bond acceptors (Lipinski definition) is 2. The van der Waals surface area contributed by atoms with E-state index in [1.165, 1.54) is 30.4 Å². The molecule has 0 aliphatic carbocycles. The standard InChI is InChI=1S/C16H24BrNO/c1-11(2)12-8-13(16(17)15(10-12)19-3)9-14-6-4-5-7-18-14/h8,10-11,14,18H,4-7,9H2,1-3H3. The van der Waals surface area contributed by atoms with Crippen molar-refractivity contribution in [1.82, 2.24) is 5.32 Å². The first-order valence-corrected chi connectivity index (χ1v) is 8.00. The second-order valence-electron chi connectivity index (χ2n) is 5.70. The lowest BCUT2D eigenvalue weighted by Gasteiger charge is -2.25. The Labute approximate surface area is 125 Å². The molecule has 1 unspecified atom stereocenters. The lowest BCUT2D eigenvalue weighted by atomic mass is 9.94. The molecule has 0 amide bonds. The maximum atomic E-state index is 5.50. The Hall–Kier alpha value is -0.540. The first-order valence-electron chi connectivity index (χ1n) is 7.21. The van der Waals surface area contributed by atoms with E-state index in [0.29, 0.717) is 12.0 Å². The molecule has 0 bridgehead atoms. The summed E-state index contributed by atoms with van der Waals surface area (Å²) >= 11 is 3.70. The number of benzene rings is 1. The number of piperidine rings is 1. The van der Waals surface area contributed by atoms with Crippen molar-refractivity contribution >= 4 is 15.9 Å². The van der Waals surface area contributed by atoms with Crippen LogP contribution in [-0.4, -0.2) is 19.7 Å². The molecule has 2 nitrogen and oxygen atoms in total. The molecule has 1 aliphatic heterocycles. The molecule has 0 aromatic heterocycles. The minimum atomic E-state index is 0.528. The molecule has 1 atom stereocenters. The highest BCUT2D eigenvalue weighted by atomic mass is 79.9. The fraction of sp³-hybridized carbons (Fsp3) is 0.625.